The van der Waals surface area contributed by atoms with E-state index in [4.69, 9.17) is 5.73 Å². The molecule has 7 heavy (non-hydrogen) atoms. The molecular weight excluding hydrogens is 161 g/mol. The van der Waals surface area contributed by atoms with Gasteiger partial charge in [-0.15, -0.1) is 0 Å². The van der Waals surface area contributed by atoms with Crippen LogP contribution in [0.2, 0.25) is 5.21 Å². The van der Waals surface area contributed by atoms with E-state index in [1.807, 2.05) is 0 Å². The topological polar surface area (TPSA) is 89.2 Å². The molecule has 0 aromatic rings. The van der Waals surface area contributed by atoms with Crippen molar-refractivity contribution in [2.24, 2.45) is 5.73 Å². The normalized spacial score (nSPS) is 11.9. The zero-order valence-electron chi connectivity index (χ0n) is 3.66. The summed E-state index contributed by atoms with van der Waals surface area (Å²) in [6.45, 7) is -0.0521. The molecule has 0 saturated carbocycles. The van der Waals surface area contributed by atoms with Crippen LogP contribution >= 0.6 is 0 Å². The van der Waals surface area contributed by atoms with Crippen LogP contribution < -0.4 is 13.9 Å². The van der Waals surface area contributed by atoms with Crippen LogP contribution in [0.1, 0.15) is 0 Å². The van der Waals surface area contributed by atoms with Crippen LogP contribution in [0.15, 0.2) is 0 Å². The fraction of sp³-hybridized carbons (Fsp3) is 1.00. The van der Waals surface area contributed by atoms with Crippen molar-refractivity contribution >= 4 is 14.2 Å². The zero-order valence-corrected chi connectivity index (χ0v) is 5.54. The van der Waals surface area contributed by atoms with Crippen LogP contribution in [-0.4, -0.2) is 20.7 Å². The van der Waals surface area contributed by atoms with E-state index in [0.29, 0.717) is 0 Å². The molecule has 0 saturated heterocycles. The van der Waals surface area contributed by atoms with E-state index in [-0.39, 0.29) is 11.8 Å². The van der Waals surface area contributed by atoms with Crippen molar-refractivity contribution in [3.8, 4) is 0 Å². The fourth-order valence-electron chi connectivity index (χ4n) is 0.158. The SMILES string of the molecule is NCC[As](=O)([O-])[O-]. The summed E-state index contributed by atoms with van der Waals surface area (Å²) in [7, 11) is 0. The Kier molecular flexibility index (Phi) is 2.61. The molecule has 0 unspecified atom stereocenters. The van der Waals surface area contributed by atoms with Gasteiger partial charge in [-0.25, -0.2) is 0 Å². The second-order valence-corrected chi connectivity index (χ2v) is 4.62. The average Bonchev–Trinajstić information content (AvgIpc) is 1.30. The third-order valence-corrected chi connectivity index (χ3v) is 2.09. The van der Waals surface area contributed by atoms with Crippen LogP contribution in [0.3, 0.4) is 0 Å². The van der Waals surface area contributed by atoms with E-state index >= 15 is 0 Å². The van der Waals surface area contributed by atoms with E-state index in [2.05, 4.69) is 0 Å². The molecule has 44 valence electrons. The van der Waals surface area contributed by atoms with Gasteiger partial charge in [-0.05, 0) is 0 Å². The van der Waals surface area contributed by atoms with Gasteiger partial charge in [0.2, 0.25) is 0 Å². The Hall–Kier alpha value is 0.238. The molecule has 4 nitrogen and oxygen atoms in total. The van der Waals surface area contributed by atoms with Crippen molar-refractivity contribution in [1.82, 2.24) is 0 Å². The van der Waals surface area contributed by atoms with Gasteiger partial charge >= 0.3 is 43.6 Å². The standard InChI is InChI=1S/C2H8AsNO3/c4-2-1-3(5,6)7/h1-2,4H2,(H2,5,6,7)/p-2. The predicted molar refractivity (Wildman–Crippen MR) is 20.3 cm³/mol. The van der Waals surface area contributed by atoms with Crippen LogP contribution in [0.5, 0.6) is 0 Å². The number of hydrogen-bond donors (Lipinski definition) is 1. The summed E-state index contributed by atoms with van der Waals surface area (Å²) < 4.78 is 29.1. The molecule has 0 amide bonds. The first-order valence-corrected chi connectivity index (χ1v) is 5.40. The Balaban J connectivity index is 3.36. The molecule has 0 fully saturated rings. The third kappa shape index (κ3) is 6.24. The van der Waals surface area contributed by atoms with Gasteiger partial charge in [0.05, 0.1) is 0 Å². The second-order valence-electron chi connectivity index (χ2n) is 1.12. The molecule has 0 aromatic carbocycles. The molecule has 0 aliphatic carbocycles. The Morgan fingerprint density at radius 3 is 2.00 bits per heavy atom. The van der Waals surface area contributed by atoms with E-state index in [0.717, 1.165) is 0 Å². The van der Waals surface area contributed by atoms with Gasteiger partial charge in [0.15, 0.2) is 0 Å². The second kappa shape index (κ2) is 2.52. The van der Waals surface area contributed by atoms with Gasteiger partial charge in [0.25, 0.3) is 0 Å². The molecule has 0 atom stereocenters. The molecule has 0 heterocycles. The summed E-state index contributed by atoms with van der Waals surface area (Å²) in [5, 5.41) is -0.377. The van der Waals surface area contributed by atoms with Crippen molar-refractivity contribution < 1.29 is 11.9 Å². The number of hydrogen-bond acceptors (Lipinski definition) is 4. The number of rotatable bonds is 2. The summed E-state index contributed by atoms with van der Waals surface area (Å²) in [5.74, 6) is 0. The summed E-state index contributed by atoms with van der Waals surface area (Å²) >= 11 is -4.82. The quantitative estimate of drug-likeness (QED) is 0.445. The first kappa shape index (κ1) is 7.24. The average molecular weight is 167 g/mol. The summed E-state index contributed by atoms with van der Waals surface area (Å²) in [5.41, 5.74) is 4.76. The Morgan fingerprint density at radius 2 is 2.00 bits per heavy atom. The summed E-state index contributed by atoms with van der Waals surface area (Å²) in [6.07, 6.45) is 0. The zero-order chi connectivity index (χ0) is 5.91. The first-order chi connectivity index (χ1) is 3.06. The summed E-state index contributed by atoms with van der Waals surface area (Å²) in [6, 6.07) is 0. The van der Waals surface area contributed by atoms with Gasteiger partial charge in [0, 0.05) is 0 Å². The predicted octanol–water partition coefficient (Wildman–Crippen LogP) is -2.96. The minimum absolute atomic E-state index is 0.0521. The van der Waals surface area contributed by atoms with Crippen molar-refractivity contribution in [2.45, 2.75) is 5.21 Å². The fourth-order valence-corrected chi connectivity index (χ4v) is 0.822. The Morgan fingerprint density at radius 1 is 1.57 bits per heavy atom. The molecule has 0 rings (SSSR count). The van der Waals surface area contributed by atoms with Crippen molar-refractivity contribution in [1.29, 1.82) is 0 Å². The molecule has 0 radical (unpaired) electrons. The van der Waals surface area contributed by atoms with Gasteiger partial charge in [-0.2, -0.15) is 0 Å². The van der Waals surface area contributed by atoms with Crippen molar-refractivity contribution in [3.05, 3.63) is 0 Å². The van der Waals surface area contributed by atoms with E-state index in [1.54, 1.807) is 0 Å². The first-order valence-electron chi connectivity index (χ1n) is 1.77. The van der Waals surface area contributed by atoms with E-state index in [1.165, 1.54) is 0 Å². The molecule has 0 aliphatic heterocycles. The summed E-state index contributed by atoms with van der Waals surface area (Å²) in [4.78, 5) is 0. The van der Waals surface area contributed by atoms with Gasteiger partial charge in [0.1, 0.15) is 0 Å². The molecule has 0 aliphatic rings. The Labute approximate surface area is 44.3 Å². The van der Waals surface area contributed by atoms with Crippen molar-refractivity contribution in [2.75, 3.05) is 6.54 Å². The number of nitrogens with two attached hydrogens (primary N) is 1. The van der Waals surface area contributed by atoms with Crippen molar-refractivity contribution in [3.63, 3.8) is 0 Å². The van der Waals surface area contributed by atoms with Crippen LogP contribution in [0.4, 0.5) is 0 Å². The maximum atomic E-state index is 9.68. The van der Waals surface area contributed by atoms with Gasteiger partial charge < -0.3 is 0 Å². The van der Waals surface area contributed by atoms with Crippen LogP contribution in [0.25, 0.3) is 0 Å². The molecule has 2 N–H and O–H groups in total. The van der Waals surface area contributed by atoms with E-state index < -0.39 is 14.2 Å². The monoisotopic (exact) mass is 167 g/mol. The molecule has 5 heteroatoms. The van der Waals surface area contributed by atoms with Gasteiger partial charge in [-0.3, -0.25) is 0 Å². The van der Waals surface area contributed by atoms with Crippen LogP contribution in [-0.2, 0) is 3.74 Å². The van der Waals surface area contributed by atoms with Gasteiger partial charge in [-0.1, -0.05) is 0 Å². The third-order valence-electron chi connectivity index (χ3n) is 0.403. The Bertz CT molecular complexity index is 86.9. The molecule has 0 bridgehead atoms. The maximum absolute atomic E-state index is 9.68. The molecule has 0 aromatic heterocycles. The molecule has 0 spiro atoms. The van der Waals surface area contributed by atoms with E-state index in [9.17, 15) is 11.9 Å². The van der Waals surface area contributed by atoms with Crippen LogP contribution in [0, 0.1) is 0 Å². The molecular formula is C2H6AsNO3-2. The minimum atomic E-state index is -4.82.